The van der Waals surface area contributed by atoms with Crippen molar-refractivity contribution in [3.8, 4) is 0 Å². The van der Waals surface area contributed by atoms with Crippen LogP contribution in [0.4, 0.5) is 5.69 Å². The van der Waals surface area contributed by atoms with Crippen molar-refractivity contribution in [3.05, 3.63) is 42.0 Å². The van der Waals surface area contributed by atoms with Crippen LogP contribution in [0.25, 0.3) is 0 Å². The molecule has 0 radical (unpaired) electrons. The molecule has 0 amide bonds. The molecule has 1 aromatic carbocycles. The summed E-state index contributed by atoms with van der Waals surface area (Å²) in [6, 6.07) is 7.37. The fourth-order valence-corrected chi connectivity index (χ4v) is 4.01. The third-order valence-corrected chi connectivity index (χ3v) is 5.12. The summed E-state index contributed by atoms with van der Waals surface area (Å²) in [5, 5.41) is 0. The number of hydrogen-bond donors (Lipinski definition) is 0. The van der Waals surface area contributed by atoms with Crippen LogP contribution in [0.15, 0.2) is 36.4 Å². The highest BCUT2D eigenvalue weighted by molar-refractivity contribution is 6.25. The molecule has 2 atom stereocenters. The third kappa shape index (κ3) is 1.76. The molecule has 0 saturated heterocycles. The van der Waals surface area contributed by atoms with Crippen molar-refractivity contribution in [3.63, 3.8) is 0 Å². The van der Waals surface area contributed by atoms with Crippen molar-refractivity contribution in [2.24, 2.45) is 5.92 Å². The number of ether oxygens (including phenoxy) is 1. The van der Waals surface area contributed by atoms with E-state index >= 15 is 0 Å². The molecule has 4 heteroatoms. The fraction of sp³-hybridized carbons (Fsp3) is 0.444. The van der Waals surface area contributed by atoms with Crippen LogP contribution in [0, 0.1) is 5.92 Å². The van der Waals surface area contributed by atoms with E-state index in [1.807, 2.05) is 25.2 Å². The molecule has 1 aliphatic carbocycles. The Morgan fingerprint density at radius 2 is 2.09 bits per heavy atom. The number of rotatable bonds is 2. The fourth-order valence-electron chi connectivity index (χ4n) is 4.01. The number of para-hydroxylation sites is 1. The molecular weight excluding hydrogens is 278 g/mol. The van der Waals surface area contributed by atoms with Crippen LogP contribution < -0.4 is 4.90 Å². The van der Waals surface area contributed by atoms with E-state index in [0.717, 1.165) is 36.9 Å². The van der Waals surface area contributed by atoms with E-state index < -0.39 is 11.5 Å². The Kier molecular flexibility index (Phi) is 3.55. The summed E-state index contributed by atoms with van der Waals surface area (Å²) in [6.45, 7) is 4.15. The summed E-state index contributed by atoms with van der Waals surface area (Å²) < 4.78 is 5.07. The summed E-state index contributed by atoms with van der Waals surface area (Å²) in [4.78, 5) is 27.7. The maximum atomic E-state index is 13.2. The van der Waals surface area contributed by atoms with E-state index in [1.54, 1.807) is 11.0 Å². The van der Waals surface area contributed by atoms with Crippen molar-refractivity contribution in [1.29, 1.82) is 0 Å². The van der Waals surface area contributed by atoms with Gasteiger partial charge in [-0.3, -0.25) is 4.79 Å². The number of carbonyl (C=O) groups is 2. The van der Waals surface area contributed by atoms with Gasteiger partial charge in [0, 0.05) is 24.2 Å². The highest BCUT2D eigenvalue weighted by Crippen LogP contribution is 2.48. The molecule has 0 spiro atoms. The van der Waals surface area contributed by atoms with Gasteiger partial charge in [-0.1, -0.05) is 30.7 Å². The smallest absolute Gasteiger partial charge is 0.340 e. The first kappa shape index (κ1) is 14.8. The number of Topliss-reactive ketones (excluding diaryl/α,β-unsaturated/α-hetero) is 1. The Balaban J connectivity index is 2.18. The number of hydrogen-bond acceptors (Lipinski definition) is 4. The zero-order valence-electron chi connectivity index (χ0n) is 13.1. The summed E-state index contributed by atoms with van der Waals surface area (Å²) in [5.74, 6) is -0.839. The Morgan fingerprint density at radius 3 is 2.73 bits per heavy atom. The van der Waals surface area contributed by atoms with Crippen LogP contribution in [-0.4, -0.2) is 31.4 Å². The van der Waals surface area contributed by atoms with E-state index in [4.69, 9.17) is 4.74 Å². The molecule has 2 unspecified atom stereocenters. The van der Waals surface area contributed by atoms with E-state index in [1.165, 1.54) is 7.11 Å². The number of nitrogens with zero attached hydrogens (tertiary/aromatic N) is 1. The molecule has 2 aliphatic rings. The van der Waals surface area contributed by atoms with Crippen LogP contribution in [0.5, 0.6) is 0 Å². The summed E-state index contributed by atoms with van der Waals surface area (Å²) >= 11 is 0. The Labute approximate surface area is 130 Å². The van der Waals surface area contributed by atoms with Gasteiger partial charge in [0.1, 0.15) is 0 Å². The molecule has 22 heavy (non-hydrogen) atoms. The van der Waals surface area contributed by atoms with Crippen molar-refractivity contribution in [2.75, 3.05) is 19.1 Å². The minimum absolute atomic E-state index is 0.162. The second kappa shape index (κ2) is 5.27. The summed E-state index contributed by atoms with van der Waals surface area (Å²) in [6.07, 6.45) is 3.72. The molecule has 1 aliphatic heterocycles. The van der Waals surface area contributed by atoms with E-state index in [-0.39, 0.29) is 11.7 Å². The number of anilines is 1. The lowest BCUT2D eigenvalue weighted by atomic mass is 9.69. The SMILES string of the molecule is C=C1CCCCC1C1(C(=O)OC)C(=O)c2ccccc2N1C. The number of fused-ring (bicyclic) bond motifs is 1. The number of ketones is 1. The van der Waals surface area contributed by atoms with Gasteiger partial charge in [0.05, 0.1) is 7.11 Å². The Hall–Kier alpha value is -2.10. The number of carbonyl (C=O) groups excluding carboxylic acids is 2. The Morgan fingerprint density at radius 1 is 1.36 bits per heavy atom. The van der Waals surface area contributed by atoms with Gasteiger partial charge in [-0.2, -0.15) is 0 Å². The molecule has 1 heterocycles. The molecular formula is C18H21NO3. The molecule has 3 rings (SSSR count). The molecule has 1 fully saturated rings. The van der Waals surface area contributed by atoms with Gasteiger partial charge in [-0.15, -0.1) is 0 Å². The average Bonchev–Trinajstić information content (AvgIpc) is 2.77. The molecule has 116 valence electrons. The van der Waals surface area contributed by atoms with Crippen molar-refractivity contribution >= 4 is 17.4 Å². The van der Waals surface area contributed by atoms with Crippen LogP contribution >= 0.6 is 0 Å². The van der Waals surface area contributed by atoms with E-state index in [0.29, 0.717) is 5.56 Å². The lowest BCUT2D eigenvalue weighted by molar-refractivity contribution is -0.146. The van der Waals surface area contributed by atoms with Crippen LogP contribution in [-0.2, 0) is 9.53 Å². The lowest BCUT2D eigenvalue weighted by Gasteiger charge is -2.42. The van der Waals surface area contributed by atoms with E-state index in [2.05, 4.69) is 6.58 Å². The normalized spacial score (nSPS) is 27.7. The number of benzene rings is 1. The highest BCUT2D eigenvalue weighted by atomic mass is 16.5. The maximum Gasteiger partial charge on any atom is 0.340 e. The molecule has 0 N–H and O–H groups in total. The monoisotopic (exact) mass is 299 g/mol. The van der Waals surface area contributed by atoms with E-state index in [9.17, 15) is 9.59 Å². The Bertz CT molecular complexity index is 651. The van der Waals surface area contributed by atoms with Gasteiger partial charge in [-0.05, 0) is 31.4 Å². The van der Waals surface area contributed by atoms with Gasteiger partial charge in [-0.25, -0.2) is 4.79 Å². The van der Waals surface area contributed by atoms with Gasteiger partial charge >= 0.3 is 5.97 Å². The van der Waals surface area contributed by atoms with Crippen LogP contribution in [0.1, 0.15) is 36.0 Å². The zero-order valence-corrected chi connectivity index (χ0v) is 13.1. The number of methoxy groups -OCH3 is 1. The zero-order chi connectivity index (χ0) is 15.9. The molecule has 4 nitrogen and oxygen atoms in total. The molecule has 0 bridgehead atoms. The van der Waals surface area contributed by atoms with Gasteiger partial charge in [0.25, 0.3) is 0 Å². The van der Waals surface area contributed by atoms with Gasteiger partial charge < -0.3 is 9.64 Å². The highest BCUT2D eigenvalue weighted by Gasteiger charge is 2.61. The van der Waals surface area contributed by atoms with Gasteiger partial charge in [0.15, 0.2) is 0 Å². The van der Waals surface area contributed by atoms with Crippen molar-refractivity contribution in [2.45, 2.75) is 31.2 Å². The second-order valence-corrected chi connectivity index (χ2v) is 6.12. The topological polar surface area (TPSA) is 46.6 Å². The third-order valence-electron chi connectivity index (χ3n) is 5.12. The molecule has 0 aromatic heterocycles. The van der Waals surface area contributed by atoms with Crippen molar-refractivity contribution in [1.82, 2.24) is 0 Å². The average molecular weight is 299 g/mol. The van der Waals surface area contributed by atoms with Gasteiger partial charge in [0.2, 0.25) is 11.3 Å². The quantitative estimate of drug-likeness (QED) is 0.478. The predicted molar refractivity (Wildman–Crippen MR) is 85.0 cm³/mol. The first-order chi connectivity index (χ1) is 10.5. The molecule has 1 aromatic rings. The minimum atomic E-state index is -1.30. The van der Waals surface area contributed by atoms with Crippen LogP contribution in [0.3, 0.4) is 0 Å². The summed E-state index contributed by atoms with van der Waals surface area (Å²) in [5.41, 5.74) is 1.06. The summed E-state index contributed by atoms with van der Waals surface area (Å²) in [7, 11) is 3.16. The number of esters is 1. The van der Waals surface area contributed by atoms with Crippen LogP contribution in [0.2, 0.25) is 0 Å². The largest absolute Gasteiger partial charge is 0.467 e. The standard InChI is InChI=1S/C18H21NO3/c1-12-8-4-6-10-14(12)18(17(21)22-3)16(20)13-9-5-7-11-15(13)19(18)2/h5,7,9,11,14H,1,4,6,8,10H2,2-3H3. The first-order valence-electron chi connectivity index (χ1n) is 7.69. The lowest BCUT2D eigenvalue weighted by Crippen LogP contribution is -2.61. The second-order valence-electron chi connectivity index (χ2n) is 6.12. The maximum absolute atomic E-state index is 13.2. The molecule has 1 saturated carbocycles. The van der Waals surface area contributed by atoms with Crippen molar-refractivity contribution < 1.29 is 14.3 Å². The predicted octanol–water partition coefficient (Wildman–Crippen LogP) is 2.98. The first-order valence-corrected chi connectivity index (χ1v) is 7.69. The number of likely N-dealkylation sites (N-methyl/N-ethyl adjacent to an activating group) is 1. The minimum Gasteiger partial charge on any atom is -0.467 e.